The number of carbonyl (C=O) groups excluding carboxylic acids is 1. The van der Waals surface area contributed by atoms with E-state index in [-0.39, 0.29) is 11.6 Å². The average Bonchev–Trinajstić information content (AvgIpc) is 3.02. The zero-order valence-electron chi connectivity index (χ0n) is 14.8. The number of hydrogen-bond acceptors (Lipinski definition) is 6. The van der Waals surface area contributed by atoms with Gasteiger partial charge < -0.3 is 15.8 Å². The van der Waals surface area contributed by atoms with Crippen molar-refractivity contribution >= 4 is 33.8 Å². The molecule has 3 aromatic rings. The molecular formula is C20H21N3O2S. The first kappa shape index (κ1) is 17.9. The van der Waals surface area contributed by atoms with E-state index in [1.165, 1.54) is 16.9 Å². The minimum Gasteiger partial charge on any atom is -0.494 e. The molecule has 0 aliphatic rings. The van der Waals surface area contributed by atoms with Gasteiger partial charge in [0.15, 0.2) is 5.13 Å². The number of hydrogen-bond donors (Lipinski definition) is 2. The quantitative estimate of drug-likeness (QED) is 0.594. The molecular weight excluding hydrogens is 346 g/mol. The van der Waals surface area contributed by atoms with Crippen molar-refractivity contribution in [1.29, 1.82) is 0 Å². The number of aryl methyl sites for hydroxylation is 1. The highest BCUT2D eigenvalue weighted by Crippen LogP contribution is 2.30. The maximum atomic E-state index is 12.7. The highest BCUT2D eigenvalue weighted by atomic mass is 32.1. The van der Waals surface area contributed by atoms with Crippen LogP contribution >= 0.6 is 11.3 Å². The molecule has 0 unspecified atom stereocenters. The summed E-state index contributed by atoms with van der Waals surface area (Å²) in [4.78, 5) is 17.5. The van der Waals surface area contributed by atoms with Gasteiger partial charge in [0.25, 0.3) is 0 Å². The van der Waals surface area contributed by atoms with Crippen LogP contribution in [0.3, 0.4) is 0 Å². The van der Waals surface area contributed by atoms with Gasteiger partial charge in [-0.15, -0.1) is 0 Å². The lowest BCUT2D eigenvalue weighted by Gasteiger charge is -2.04. The predicted octanol–water partition coefficient (Wildman–Crippen LogP) is 4.66. The van der Waals surface area contributed by atoms with Crippen LogP contribution in [0.5, 0.6) is 5.75 Å². The number of aromatic nitrogens is 1. The third-order valence-electron chi connectivity index (χ3n) is 3.87. The molecule has 3 rings (SSSR count). The largest absolute Gasteiger partial charge is 0.494 e. The number of ether oxygens (including phenoxy) is 1. The number of rotatable bonds is 7. The Bertz CT molecular complexity index is 904. The van der Waals surface area contributed by atoms with Crippen LogP contribution in [-0.2, 0) is 6.42 Å². The first-order valence-corrected chi connectivity index (χ1v) is 9.32. The van der Waals surface area contributed by atoms with Crippen LogP contribution in [0.2, 0.25) is 0 Å². The van der Waals surface area contributed by atoms with Crippen molar-refractivity contribution < 1.29 is 9.53 Å². The fraction of sp³-hybridized carbons (Fsp3) is 0.200. The lowest BCUT2D eigenvalue weighted by Crippen LogP contribution is -2.02. The van der Waals surface area contributed by atoms with Gasteiger partial charge in [0, 0.05) is 11.3 Å². The van der Waals surface area contributed by atoms with Crippen LogP contribution in [-0.4, -0.2) is 17.4 Å². The molecule has 0 bridgehead atoms. The summed E-state index contributed by atoms with van der Waals surface area (Å²) in [7, 11) is 0. The highest BCUT2D eigenvalue weighted by molar-refractivity contribution is 7.18. The number of benzene rings is 2. The smallest absolute Gasteiger partial charge is 0.206 e. The van der Waals surface area contributed by atoms with E-state index in [1.54, 1.807) is 24.3 Å². The summed E-state index contributed by atoms with van der Waals surface area (Å²) in [6.45, 7) is 4.61. The minimum atomic E-state index is -0.140. The molecule has 2 aromatic carbocycles. The summed E-state index contributed by atoms with van der Waals surface area (Å²) in [6, 6.07) is 15.1. The van der Waals surface area contributed by atoms with E-state index < -0.39 is 0 Å². The summed E-state index contributed by atoms with van der Waals surface area (Å²) in [6.07, 6.45) is 0.955. The van der Waals surface area contributed by atoms with Crippen LogP contribution in [0, 0.1) is 0 Å². The fourth-order valence-corrected chi connectivity index (χ4v) is 3.41. The Morgan fingerprint density at radius 3 is 2.65 bits per heavy atom. The maximum absolute atomic E-state index is 12.7. The maximum Gasteiger partial charge on any atom is 0.206 e. The molecule has 0 saturated carbocycles. The van der Waals surface area contributed by atoms with E-state index >= 15 is 0 Å². The van der Waals surface area contributed by atoms with Gasteiger partial charge in [-0.2, -0.15) is 0 Å². The van der Waals surface area contributed by atoms with Crippen LogP contribution in [0.4, 0.5) is 16.6 Å². The summed E-state index contributed by atoms with van der Waals surface area (Å²) in [5.41, 5.74) is 8.70. The van der Waals surface area contributed by atoms with Crippen LogP contribution < -0.4 is 15.8 Å². The van der Waals surface area contributed by atoms with Gasteiger partial charge in [-0.05, 0) is 55.3 Å². The van der Waals surface area contributed by atoms with Crippen LogP contribution in [0.1, 0.15) is 34.6 Å². The molecule has 134 valence electrons. The topological polar surface area (TPSA) is 77.2 Å². The molecule has 6 heteroatoms. The third kappa shape index (κ3) is 4.03. The average molecular weight is 367 g/mol. The van der Waals surface area contributed by atoms with Crippen molar-refractivity contribution in [3.05, 3.63) is 64.5 Å². The van der Waals surface area contributed by atoms with Crippen molar-refractivity contribution in [2.45, 2.75) is 20.3 Å². The van der Waals surface area contributed by atoms with Gasteiger partial charge in [0.2, 0.25) is 5.78 Å². The van der Waals surface area contributed by atoms with E-state index in [1.807, 2.05) is 19.1 Å². The molecule has 26 heavy (non-hydrogen) atoms. The molecule has 3 N–H and O–H groups in total. The van der Waals surface area contributed by atoms with Gasteiger partial charge in [0.05, 0.1) is 6.61 Å². The molecule has 5 nitrogen and oxygen atoms in total. The standard InChI is InChI=1S/C20H21N3O2S/c1-3-13-6-5-7-15(12-13)22-20-23-19(21)18(26-20)17(24)14-8-10-16(11-9-14)25-4-2/h5-12H,3-4,21H2,1-2H3,(H,22,23). The minimum absolute atomic E-state index is 0.140. The van der Waals surface area contributed by atoms with Gasteiger partial charge in [-0.25, -0.2) is 4.98 Å². The van der Waals surface area contributed by atoms with Gasteiger partial charge >= 0.3 is 0 Å². The van der Waals surface area contributed by atoms with Crippen molar-refractivity contribution in [2.24, 2.45) is 0 Å². The first-order chi connectivity index (χ1) is 12.6. The van der Waals surface area contributed by atoms with Crippen LogP contribution in [0.15, 0.2) is 48.5 Å². The lowest BCUT2D eigenvalue weighted by molar-refractivity contribution is 0.104. The normalized spacial score (nSPS) is 10.5. The summed E-state index contributed by atoms with van der Waals surface area (Å²) in [5.74, 6) is 0.834. The second-order valence-electron chi connectivity index (χ2n) is 5.70. The molecule has 0 atom stereocenters. The fourth-order valence-electron chi connectivity index (χ4n) is 2.54. The van der Waals surface area contributed by atoms with Crippen molar-refractivity contribution in [2.75, 3.05) is 17.7 Å². The zero-order valence-corrected chi connectivity index (χ0v) is 15.6. The third-order valence-corrected chi connectivity index (χ3v) is 4.86. The number of thiazole rings is 1. The number of ketones is 1. The van der Waals surface area contributed by atoms with E-state index in [4.69, 9.17) is 10.5 Å². The van der Waals surface area contributed by atoms with Crippen LogP contribution in [0.25, 0.3) is 0 Å². The second kappa shape index (κ2) is 8.01. The van der Waals surface area contributed by atoms with E-state index in [9.17, 15) is 4.79 Å². The molecule has 0 radical (unpaired) electrons. The SMILES string of the molecule is CCOc1ccc(C(=O)c2sc(Nc3cccc(CC)c3)nc2N)cc1. The molecule has 0 saturated heterocycles. The van der Waals surface area contributed by atoms with Crippen molar-refractivity contribution in [3.63, 3.8) is 0 Å². The number of nitrogens with two attached hydrogens (primary N) is 1. The highest BCUT2D eigenvalue weighted by Gasteiger charge is 2.18. The van der Waals surface area contributed by atoms with E-state index in [2.05, 4.69) is 29.4 Å². The molecule has 0 fully saturated rings. The lowest BCUT2D eigenvalue weighted by atomic mass is 10.1. The molecule has 0 amide bonds. The monoisotopic (exact) mass is 367 g/mol. The Morgan fingerprint density at radius 1 is 1.19 bits per heavy atom. The van der Waals surface area contributed by atoms with Gasteiger partial charge in [-0.1, -0.05) is 30.4 Å². The number of nitrogen functional groups attached to an aromatic ring is 1. The van der Waals surface area contributed by atoms with Gasteiger partial charge in [0.1, 0.15) is 16.4 Å². The molecule has 1 heterocycles. The van der Waals surface area contributed by atoms with Crippen molar-refractivity contribution in [1.82, 2.24) is 4.98 Å². The Hall–Kier alpha value is -2.86. The zero-order chi connectivity index (χ0) is 18.5. The summed E-state index contributed by atoms with van der Waals surface area (Å²) < 4.78 is 5.40. The summed E-state index contributed by atoms with van der Waals surface area (Å²) >= 11 is 1.26. The molecule has 0 aliphatic carbocycles. The molecule has 0 spiro atoms. The number of anilines is 3. The number of carbonyl (C=O) groups is 1. The molecule has 1 aromatic heterocycles. The Labute approximate surface area is 156 Å². The van der Waals surface area contributed by atoms with E-state index in [0.29, 0.717) is 22.2 Å². The molecule has 0 aliphatic heterocycles. The van der Waals surface area contributed by atoms with Crippen molar-refractivity contribution in [3.8, 4) is 5.75 Å². The summed E-state index contributed by atoms with van der Waals surface area (Å²) in [5, 5.41) is 3.83. The number of nitrogens with zero attached hydrogens (tertiary/aromatic N) is 1. The Morgan fingerprint density at radius 2 is 1.96 bits per heavy atom. The number of nitrogens with one attached hydrogen (secondary N) is 1. The predicted molar refractivity (Wildman–Crippen MR) is 107 cm³/mol. The Balaban J connectivity index is 1.79. The second-order valence-corrected chi connectivity index (χ2v) is 6.70. The Kier molecular flexibility index (Phi) is 5.53. The van der Waals surface area contributed by atoms with E-state index in [0.717, 1.165) is 17.9 Å². The van der Waals surface area contributed by atoms with Gasteiger partial charge in [-0.3, -0.25) is 4.79 Å². The first-order valence-electron chi connectivity index (χ1n) is 8.50.